The zero-order chi connectivity index (χ0) is 18.5. The fourth-order valence-electron chi connectivity index (χ4n) is 3.24. The number of nitrogens with one attached hydrogen (secondary N) is 1. The van der Waals surface area contributed by atoms with Gasteiger partial charge in [-0.1, -0.05) is 48.5 Å². The minimum atomic E-state index is 0.0386. The lowest BCUT2D eigenvalue weighted by Crippen LogP contribution is -2.49. The Hall–Kier alpha value is -1.06. The summed E-state index contributed by atoms with van der Waals surface area (Å²) in [6.07, 6.45) is 3.72. The maximum Gasteiger partial charge on any atom is 0.225 e. The van der Waals surface area contributed by atoms with E-state index in [1.165, 1.54) is 0 Å². The van der Waals surface area contributed by atoms with Crippen LogP contribution in [0.3, 0.4) is 0 Å². The Morgan fingerprint density at radius 2 is 1.58 bits per heavy atom. The Morgan fingerprint density at radius 3 is 2.00 bits per heavy atom. The van der Waals surface area contributed by atoms with Crippen LogP contribution in [0.1, 0.15) is 74.1 Å². The van der Waals surface area contributed by atoms with Crippen LogP contribution >= 0.6 is 0 Å². The Morgan fingerprint density at radius 1 is 1.04 bits per heavy atom. The lowest BCUT2D eigenvalue weighted by atomic mass is 9.82. The summed E-state index contributed by atoms with van der Waals surface area (Å²) in [5.41, 5.74) is 0.0683. The fraction of sp³-hybridized carbons (Fsp3) is 0.900. The molecule has 0 aliphatic carbocycles. The van der Waals surface area contributed by atoms with Gasteiger partial charge in [-0.25, -0.2) is 0 Å². The molecule has 4 nitrogen and oxygen atoms in total. The van der Waals surface area contributed by atoms with Crippen LogP contribution in [0.5, 0.6) is 0 Å². The summed E-state index contributed by atoms with van der Waals surface area (Å²) in [6.45, 7) is 16.3. The SMILES string of the molecule is CC(C)CCC(NC(=O)C1CCN(C(=O)C(C)C)CC1)C(C)(C)C. The molecule has 4 heteroatoms. The van der Waals surface area contributed by atoms with E-state index in [1.807, 2.05) is 18.7 Å². The van der Waals surface area contributed by atoms with E-state index >= 15 is 0 Å². The predicted octanol–water partition coefficient (Wildman–Crippen LogP) is 3.85. The predicted molar refractivity (Wildman–Crippen MR) is 99.6 cm³/mol. The van der Waals surface area contributed by atoms with Crippen molar-refractivity contribution in [3.8, 4) is 0 Å². The van der Waals surface area contributed by atoms with Gasteiger partial charge in [-0.3, -0.25) is 9.59 Å². The van der Waals surface area contributed by atoms with Gasteiger partial charge in [0.2, 0.25) is 11.8 Å². The molecule has 1 atom stereocenters. The van der Waals surface area contributed by atoms with E-state index in [-0.39, 0.29) is 35.1 Å². The van der Waals surface area contributed by atoms with Crippen molar-refractivity contribution in [2.75, 3.05) is 13.1 Å². The maximum absolute atomic E-state index is 12.7. The topological polar surface area (TPSA) is 49.4 Å². The highest BCUT2D eigenvalue weighted by atomic mass is 16.2. The maximum atomic E-state index is 12.7. The number of likely N-dealkylation sites (tertiary alicyclic amines) is 1. The zero-order valence-electron chi connectivity index (χ0n) is 16.8. The van der Waals surface area contributed by atoms with E-state index in [2.05, 4.69) is 39.9 Å². The summed E-state index contributed by atoms with van der Waals surface area (Å²) in [5, 5.41) is 3.31. The molecule has 24 heavy (non-hydrogen) atoms. The molecule has 0 spiro atoms. The molecule has 1 fully saturated rings. The molecular formula is C20H38N2O2. The van der Waals surface area contributed by atoms with Crippen molar-refractivity contribution in [3.63, 3.8) is 0 Å². The van der Waals surface area contributed by atoms with Crippen molar-refractivity contribution in [2.24, 2.45) is 23.2 Å². The van der Waals surface area contributed by atoms with Gasteiger partial charge in [0.05, 0.1) is 0 Å². The van der Waals surface area contributed by atoms with Gasteiger partial charge in [-0.05, 0) is 37.0 Å². The van der Waals surface area contributed by atoms with Gasteiger partial charge < -0.3 is 10.2 Å². The minimum Gasteiger partial charge on any atom is -0.353 e. The van der Waals surface area contributed by atoms with Crippen LogP contribution in [-0.4, -0.2) is 35.8 Å². The standard InChI is InChI=1S/C20H38N2O2/c1-14(2)8-9-17(20(5,6)7)21-18(23)16-10-12-22(13-11-16)19(24)15(3)4/h14-17H,8-13H2,1-7H3,(H,21,23). The van der Waals surface area contributed by atoms with Crippen molar-refractivity contribution >= 4 is 11.8 Å². The zero-order valence-corrected chi connectivity index (χ0v) is 16.8. The van der Waals surface area contributed by atoms with Crippen LogP contribution in [0.4, 0.5) is 0 Å². The molecule has 1 N–H and O–H groups in total. The number of hydrogen-bond acceptors (Lipinski definition) is 2. The van der Waals surface area contributed by atoms with Gasteiger partial charge in [0, 0.05) is 31.0 Å². The van der Waals surface area contributed by atoms with Crippen LogP contribution in [-0.2, 0) is 9.59 Å². The molecule has 1 rings (SSSR count). The summed E-state index contributed by atoms with van der Waals surface area (Å²) >= 11 is 0. The van der Waals surface area contributed by atoms with Crippen molar-refractivity contribution in [1.82, 2.24) is 10.2 Å². The number of hydrogen-bond donors (Lipinski definition) is 1. The first-order valence-corrected chi connectivity index (χ1v) is 9.61. The molecule has 0 aromatic rings. The van der Waals surface area contributed by atoms with Crippen LogP contribution < -0.4 is 5.32 Å². The third-order valence-corrected chi connectivity index (χ3v) is 5.07. The van der Waals surface area contributed by atoms with Gasteiger partial charge in [0.15, 0.2) is 0 Å². The molecule has 1 saturated heterocycles. The first kappa shape index (κ1) is 21.0. The summed E-state index contributed by atoms with van der Waals surface area (Å²) in [7, 11) is 0. The van der Waals surface area contributed by atoms with Crippen molar-refractivity contribution < 1.29 is 9.59 Å². The van der Waals surface area contributed by atoms with Crippen LogP contribution in [0.25, 0.3) is 0 Å². The summed E-state index contributed by atoms with van der Waals surface area (Å²) in [6, 6.07) is 0.211. The fourth-order valence-corrected chi connectivity index (χ4v) is 3.24. The Bertz CT molecular complexity index is 416. The molecule has 0 saturated carbocycles. The summed E-state index contributed by atoms with van der Waals surface area (Å²) in [4.78, 5) is 26.7. The first-order chi connectivity index (χ1) is 11.0. The molecule has 1 aliphatic heterocycles. The van der Waals surface area contributed by atoms with Gasteiger partial charge in [-0.15, -0.1) is 0 Å². The van der Waals surface area contributed by atoms with E-state index in [1.54, 1.807) is 0 Å². The number of rotatable bonds is 6. The highest BCUT2D eigenvalue weighted by Crippen LogP contribution is 2.26. The van der Waals surface area contributed by atoms with E-state index in [9.17, 15) is 9.59 Å². The second kappa shape index (κ2) is 8.87. The number of amides is 2. The molecule has 0 bridgehead atoms. The molecule has 0 aromatic carbocycles. The largest absolute Gasteiger partial charge is 0.353 e. The smallest absolute Gasteiger partial charge is 0.225 e. The normalized spacial score (nSPS) is 18.1. The van der Waals surface area contributed by atoms with E-state index in [4.69, 9.17) is 0 Å². The number of carbonyl (C=O) groups excluding carboxylic acids is 2. The molecule has 1 heterocycles. The van der Waals surface area contributed by atoms with Crippen LogP contribution in [0, 0.1) is 23.2 Å². The van der Waals surface area contributed by atoms with E-state index in [0.29, 0.717) is 19.0 Å². The average molecular weight is 339 g/mol. The molecule has 2 amide bonds. The second-order valence-electron chi connectivity index (χ2n) is 9.15. The van der Waals surface area contributed by atoms with E-state index < -0.39 is 0 Å². The monoisotopic (exact) mass is 338 g/mol. The quantitative estimate of drug-likeness (QED) is 0.800. The number of nitrogens with zero attached hydrogens (tertiary/aromatic N) is 1. The summed E-state index contributed by atoms with van der Waals surface area (Å²) in [5.74, 6) is 1.12. The minimum absolute atomic E-state index is 0.0386. The molecular weight excluding hydrogens is 300 g/mol. The van der Waals surface area contributed by atoms with Gasteiger partial charge >= 0.3 is 0 Å². The Balaban J connectivity index is 2.56. The molecule has 1 unspecified atom stereocenters. The average Bonchev–Trinajstić information content (AvgIpc) is 2.49. The number of carbonyl (C=O) groups is 2. The summed E-state index contributed by atoms with van der Waals surface area (Å²) < 4.78 is 0. The lowest BCUT2D eigenvalue weighted by Gasteiger charge is -2.36. The van der Waals surface area contributed by atoms with Gasteiger partial charge in [0.25, 0.3) is 0 Å². The second-order valence-corrected chi connectivity index (χ2v) is 9.15. The van der Waals surface area contributed by atoms with Gasteiger partial charge in [-0.2, -0.15) is 0 Å². The van der Waals surface area contributed by atoms with Crippen molar-refractivity contribution in [2.45, 2.75) is 80.2 Å². The van der Waals surface area contributed by atoms with Crippen LogP contribution in [0.15, 0.2) is 0 Å². The third-order valence-electron chi connectivity index (χ3n) is 5.07. The van der Waals surface area contributed by atoms with Crippen molar-refractivity contribution in [1.29, 1.82) is 0 Å². The molecule has 140 valence electrons. The van der Waals surface area contributed by atoms with Crippen LogP contribution in [0.2, 0.25) is 0 Å². The highest BCUT2D eigenvalue weighted by Gasteiger charge is 2.32. The molecule has 1 aliphatic rings. The Labute approximate surface area is 148 Å². The van der Waals surface area contributed by atoms with Crippen molar-refractivity contribution in [3.05, 3.63) is 0 Å². The van der Waals surface area contributed by atoms with E-state index in [0.717, 1.165) is 25.7 Å². The lowest BCUT2D eigenvalue weighted by molar-refractivity contribution is -0.138. The van der Waals surface area contributed by atoms with Gasteiger partial charge in [0.1, 0.15) is 0 Å². The Kier molecular flexibility index (Phi) is 7.75. The highest BCUT2D eigenvalue weighted by molar-refractivity contribution is 5.81. The third kappa shape index (κ3) is 6.45. The number of piperidine rings is 1. The molecule has 0 aromatic heterocycles. The molecule has 0 radical (unpaired) electrons. The first-order valence-electron chi connectivity index (χ1n) is 9.61.